The summed E-state index contributed by atoms with van der Waals surface area (Å²) < 4.78 is 5.54. The quantitative estimate of drug-likeness (QED) is 0.791. The largest absolute Gasteiger partial charge is 0.394 e. The summed E-state index contributed by atoms with van der Waals surface area (Å²) in [6.45, 7) is 1.82. The van der Waals surface area contributed by atoms with Crippen molar-refractivity contribution < 1.29 is 9.84 Å². The summed E-state index contributed by atoms with van der Waals surface area (Å²) in [6.07, 6.45) is 2.60. The Morgan fingerprint density at radius 2 is 2.19 bits per heavy atom. The van der Waals surface area contributed by atoms with Crippen molar-refractivity contribution in [3.63, 3.8) is 0 Å². The van der Waals surface area contributed by atoms with Crippen LogP contribution in [0.4, 0.5) is 0 Å². The van der Waals surface area contributed by atoms with Crippen LogP contribution in [0.3, 0.4) is 0 Å². The monoisotopic (exact) mass is 221 g/mol. The molecule has 1 heterocycles. The first kappa shape index (κ1) is 11.6. The summed E-state index contributed by atoms with van der Waals surface area (Å²) in [4.78, 5) is 0. The number of ether oxygens (including phenoxy) is 1. The van der Waals surface area contributed by atoms with E-state index >= 15 is 0 Å². The summed E-state index contributed by atoms with van der Waals surface area (Å²) >= 11 is 0. The van der Waals surface area contributed by atoms with Crippen LogP contribution in [-0.4, -0.2) is 31.0 Å². The van der Waals surface area contributed by atoms with Crippen molar-refractivity contribution in [1.29, 1.82) is 0 Å². The lowest BCUT2D eigenvalue weighted by Crippen LogP contribution is -2.31. The molecule has 0 spiro atoms. The minimum Gasteiger partial charge on any atom is -0.394 e. The van der Waals surface area contributed by atoms with Gasteiger partial charge >= 0.3 is 0 Å². The fourth-order valence-corrected chi connectivity index (χ4v) is 2.05. The highest BCUT2D eigenvalue weighted by Gasteiger charge is 2.17. The first-order valence-corrected chi connectivity index (χ1v) is 5.91. The van der Waals surface area contributed by atoms with Gasteiger partial charge in [-0.05, 0) is 18.4 Å². The Morgan fingerprint density at radius 3 is 2.81 bits per heavy atom. The van der Waals surface area contributed by atoms with Crippen molar-refractivity contribution >= 4 is 0 Å². The molecule has 0 saturated carbocycles. The standard InChI is InChI=1S/C13H19NO2/c15-10-13(11-5-2-1-3-6-11)14-9-12-7-4-8-16-12/h1-3,5-6,12-15H,4,7-10H2/t12?,13-/m1/s1. The second kappa shape index (κ2) is 5.99. The molecule has 2 rings (SSSR count). The van der Waals surface area contributed by atoms with E-state index in [0.29, 0.717) is 6.10 Å². The van der Waals surface area contributed by atoms with Crippen LogP contribution in [0.1, 0.15) is 24.4 Å². The van der Waals surface area contributed by atoms with Gasteiger partial charge in [0.05, 0.1) is 18.8 Å². The Morgan fingerprint density at radius 1 is 1.38 bits per heavy atom. The van der Waals surface area contributed by atoms with Crippen LogP contribution in [-0.2, 0) is 4.74 Å². The molecule has 3 nitrogen and oxygen atoms in total. The van der Waals surface area contributed by atoms with E-state index in [-0.39, 0.29) is 12.6 Å². The van der Waals surface area contributed by atoms with Gasteiger partial charge < -0.3 is 15.2 Å². The number of aliphatic hydroxyl groups excluding tert-OH is 1. The van der Waals surface area contributed by atoms with Gasteiger partial charge in [0.15, 0.2) is 0 Å². The molecule has 0 amide bonds. The van der Waals surface area contributed by atoms with Crippen LogP contribution in [0.25, 0.3) is 0 Å². The summed E-state index contributed by atoms with van der Waals surface area (Å²) in [7, 11) is 0. The predicted molar refractivity (Wildman–Crippen MR) is 63.2 cm³/mol. The SMILES string of the molecule is OC[C@@H](NCC1CCCO1)c1ccccc1. The first-order chi connectivity index (χ1) is 7.90. The molecule has 16 heavy (non-hydrogen) atoms. The van der Waals surface area contributed by atoms with Crippen molar-refractivity contribution in [2.24, 2.45) is 0 Å². The van der Waals surface area contributed by atoms with E-state index in [2.05, 4.69) is 5.32 Å². The summed E-state index contributed by atoms with van der Waals surface area (Å²) in [5, 5.41) is 12.7. The Labute approximate surface area is 96.4 Å². The second-order valence-corrected chi connectivity index (χ2v) is 4.19. The Hall–Kier alpha value is -0.900. The third kappa shape index (κ3) is 3.04. The van der Waals surface area contributed by atoms with Gasteiger partial charge in [-0.15, -0.1) is 0 Å². The Kier molecular flexibility index (Phi) is 4.34. The molecule has 2 atom stereocenters. The second-order valence-electron chi connectivity index (χ2n) is 4.19. The molecule has 0 aliphatic carbocycles. The molecule has 0 radical (unpaired) electrons. The molecule has 1 saturated heterocycles. The van der Waals surface area contributed by atoms with Gasteiger partial charge in [0.1, 0.15) is 0 Å². The van der Waals surface area contributed by atoms with E-state index in [1.807, 2.05) is 30.3 Å². The Balaban J connectivity index is 1.85. The molecular formula is C13H19NO2. The van der Waals surface area contributed by atoms with Crippen LogP contribution in [0.2, 0.25) is 0 Å². The summed E-state index contributed by atoms with van der Waals surface area (Å²) in [5.74, 6) is 0. The number of nitrogens with one attached hydrogen (secondary N) is 1. The number of rotatable bonds is 5. The van der Waals surface area contributed by atoms with E-state index < -0.39 is 0 Å². The average molecular weight is 221 g/mol. The van der Waals surface area contributed by atoms with Crippen LogP contribution in [0.5, 0.6) is 0 Å². The predicted octanol–water partition coefficient (Wildman–Crippen LogP) is 1.49. The van der Waals surface area contributed by atoms with Crippen LogP contribution in [0, 0.1) is 0 Å². The lowest BCUT2D eigenvalue weighted by molar-refractivity contribution is 0.104. The molecule has 1 aliphatic rings. The van der Waals surface area contributed by atoms with Gasteiger partial charge in [-0.1, -0.05) is 30.3 Å². The molecule has 0 aromatic heterocycles. The van der Waals surface area contributed by atoms with Crippen molar-refractivity contribution in [3.05, 3.63) is 35.9 Å². The minimum atomic E-state index is 0.0189. The van der Waals surface area contributed by atoms with E-state index in [1.54, 1.807) is 0 Å². The van der Waals surface area contributed by atoms with E-state index in [0.717, 1.165) is 31.6 Å². The zero-order valence-electron chi connectivity index (χ0n) is 9.43. The normalized spacial score (nSPS) is 22.2. The maximum absolute atomic E-state index is 9.35. The molecular weight excluding hydrogens is 202 g/mol. The van der Waals surface area contributed by atoms with E-state index in [4.69, 9.17) is 4.74 Å². The average Bonchev–Trinajstić information content (AvgIpc) is 2.84. The maximum Gasteiger partial charge on any atom is 0.0700 e. The van der Waals surface area contributed by atoms with Gasteiger partial charge in [-0.25, -0.2) is 0 Å². The molecule has 3 heteroatoms. The number of hydrogen-bond donors (Lipinski definition) is 2. The van der Waals surface area contributed by atoms with Gasteiger partial charge in [-0.3, -0.25) is 0 Å². The Bertz CT molecular complexity index is 296. The third-order valence-electron chi connectivity index (χ3n) is 3.00. The smallest absolute Gasteiger partial charge is 0.0700 e. The fraction of sp³-hybridized carbons (Fsp3) is 0.538. The highest BCUT2D eigenvalue weighted by Crippen LogP contribution is 2.15. The minimum absolute atomic E-state index is 0.0189. The number of benzene rings is 1. The highest BCUT2D eigenvalue weighted by molar-refractivity contribution is 5.18. The van der Waals surface area contributed by atoms with Crippen LogP contribution < -0.4 is 5.32 Å². The van der Waals surface area contributed by atoms with Gasteiger partial charge in [0, 0.05) is 13.2 Å². The topological polar surface area (TPSA) is 41.5 Å². The molecule has 2 N–H and O–H groups in total. The molecule has 1 aromatic rings. The van der Waals surface area contributed by atoms with Crippen molar-refractivity contribution in [2.75, 3.05) is 19.8 Å². The lowest BCUT2D eigenvalue weighted by atomic mass is 10.1. The summed E-state index contributed by atoms with van der Waals surface area (Å²) in [5.41, 5.74) is 1.13. The van der Waals surface area contributed by atoms with Crippen molar-refractivity contribution in [2.45, 2.75) is 25.0 Å². The van der Waals surface area contributed by atoms with Crippen LogP contribution >= 0.6 is 0 Å². The van der Waals surface area contributed by atoms with Gasteiger partial charge in [0.2, 0.25) is 0 Å². The zero-order valence-corrected chi connectivity index (χ0v) is 9.43. The van der Waals surface area contributed by atoms with E-state index in [1.165, 1.54) is 0 Å². The number of aliphatic hydroxyl groups is 1. The van der Waals surface area contributed by atoms with Gasteiger partial charge in [-0.2, -0.15) is 0 Å². The highest BCUT2D eigenvalue weighted by atomic mass is 16.5. The first-order valence-electron chi connectivity index (χ1n) is 5.91. The zero-order chi connectivity index (χ0) is 11.2. The summed E-state index contributed by atoms with van der Waals surface area (Å²) in [6, 6.07) is 10.0. The molecule has 1 aliphatic heterocycles. The lowest BCUT2D eigenvalue weighted by Gasteiger charge is -2.19. The van der Waals surface area contributed by atoms with Gasteiger partial charge in [0.25, 0.3) is 0 Å². The molecule has 88 valence electrons. The van der Waals surface area contributed by atoms with E-state index in [9.17, 15) is 5.11 Å². The maximum atomic E-state index is 9.35. The molecule has 0 bridgehead atoms. The third-order valence-corrected chi connectivity index (χ3v) is 3.00. The number of hydrogen-bond acceptors (Lipinski definition) is 3. The van der Waals surface area contributed by atoms with Crippen molar-refractivity contribution in [3.8, 4) is 0 Å². The van der Waals surface area contributed by atoms with Crippen LogP contribution in [0.15, 0.2) is 30.3 Å². The molecule has 1 aromatic carbocycles. The molecule has 1 unspecified atom stereocenters. The fourth-order valence-electron chi connectivity index (χ4n) is 2.05. The molecule has 1 fully saturated rings. The van der Waals surface area contributed by atoms with Crippen molar-refractivity contribution in [1.82, 2.24) is 5.32 Å².